The van der Waals surface area contributed by atoms with Crippen LogP contribution in [0.25, 0.3) is 0 Å². The van der Waals surface area contributed by atoms with Crippen LogP contribution in [0.3, 0.4) is 0 Å². The van der Waals surface area contributed by atoms with Gasteiger partial charge in [0.25, 0.3) is 0 Å². The van der Waals surface area contributed by atoms with Crippen molar-refractivity contribution < 1.29 is 0 Å². The summed E-state index contributed by atoms with van der Waals surface area (Å²) in [5.74, 6) is 0. The zero-order valence-electron chi connectivity index (χ0n) is 11.9. The summed E-state index contributed by atoms with van der Waals surface area (Å²) in [6.07, 6.45) is 1.10. The summed E-state index contributed by atoms with van der Waals surface area (Å²) in [6.45, 7) is 6.07. The molecule has 0 atom stereocenters. The third-order valence-corrected chi connectivity index (χ3v) is 3.18. The van der Waals surface area contributed by atoms with Gasteiger partial charge in [0.15, 0.2) is 0 Å². The van der Waals surface area contributed by atoms with Gasteiger partial charge in [0, 0.05) is 25.0 Å². The Morgan fingerprint density at radius 3 is 2.68 bits per heavy atom. The standard InChI is InChI=1S/C15H22N4/c1-4-8-19(14-7-5-6-13(16)10-14)11-15-9-12(2)17-18(15)3/h5-7,9-10H,4,8,11,16H2,1-3H3. The molecule has 0 spiro atoms. The summed E-state index contributed by atoms with van der Waals surface area (Å²) < 4.78 is 1.95. The minimum Gasteiger partial charge on any atom is -0.399 e. The average molecular weight is 258 g/mol. The van der Waals surface area contributed by atoms with E-state index in [4.69, 9.17) is 5.73 Å². The Labute approximate surface area is 114 Å². The Bertz CT molecular complexity index is 545. The van der Waals surface area contributed by atoms with Crippen LogP contribution >= 0.6 is 0 Å². The maximum absolute atomic E-state index is 5.88. The van der Waals surface area contributed by atoms with Gasteiger partial charge in [-0.1, -0.05) is 13.0 Å². The first-order chi connectivity index (χ1) is 9.10. The van der Waals surface area contributed by atoms with Crippen molar-refractivity contribution >= 4 is 11.4 Å². The van der Waals surface area contributed by atoms with Crippen LogP contribution in [0.1, 0.15) is 24.7 Å². The van der Waals surface area contributed by atoms with Gasteiger partial charge in [-0.2, -0.15) is 5.10 Å². The number of nitrogen functional groups attached to an aromatic ring is 1. The zero-order chi connectivity index (χ0) is 13.8. The summed E-state index contributed by atoms with van der Waals surface area (Å²) in [7, 11) is 1.99. The van der Waals surface area contributed by atoms with Crippen LogP contribution in [0, 0.1) is 6.92 Å². The molecule has 0 aliphatic rings. The molecular formula is C15H22N4. The van der Waals surface area contributed by atoms with Gasteiger partial charge >= 0.3 is 0 Å². The largest absolute Gasteiger partial charge is 0.399 e. The second-order valence-corrected chi connectivity index (χ2v) is 4.92. The molecule has 0 saturated carbocycles. The summed E-state index contributed by atoms with van der Waals surface area (Å²) in [6, 6.07) is 10.2. The van der Waals surface area contributed by atoms with E-state index in [1.807, 2.05) is 36.9 Å². The molecule has 2 N–H and O–H groups in total. The number of anilines is 2. The number of rotatable bonds is 5. The van der Waals surface area contributed by atoms with Crippen molar-refractivity contribution in [1.29, 1.82) is 0 Å². The van der Waals surface area contributed by atoms with Crippen LogP contribution in [0.4, 0.5) is 11.4 Å². The van der Waals surface area contributed by atoms with Crippen LogP contribution in [0.15, 0.2) is 30.3 Å². The summed E-state index contributed by atoms with van der Waals surface area (Å²) in [4.78, 5) is 2.34. The summed E-state index contributed by atoms with van der Waals surface area (Å²) in [5.41, 5.74) is 10.1. The highest BCUT2D eigenvalue weighted by Crippen LogP contribution is 2.20. The number of aryl methyl sites for hydroxylation is 2. The zero-order valence-corrected chi connectivity index (χ0v) is 11.9. The highest BCUT2D eigenvalue weighted by atomic mass is 15.3. The van der Waals surface area contributed by atoms with Crippen LogP contribution in [0.2, 0.25) is 0 Å². The monoisotopic (exact) mass is 258 g/mol. The van der Waals surface area contributed by atoms with Gasteiger partial charge in [0.1, 0.15) is 0 Å². The summed E-state index contributed by atoms with van der Waals surface area (Å²) >= 11 is 0. The fourth-order valence-electron chi connectivity index (χ4n) is 2.30. The molecule has 0 saturated heterocycles. The van der Waals surface area contributed by atoms with Crippen molar-refractivity contribution in [2.45, 2.75) is 26.8 Å². The molecule has 0 unspecified atom stereocenters. The van der Waals surface area contributed by atoms with E-state index in [2.05, 4.69) is 29.1 Å². The molecule has 1 aromatic carbocycles. The first-order valence-corrected chi connectivity index (χ1v) is 6.70. The minimum atomic E-state index is 0.805. The topological polar surface area (TPSA) is 47.1 Å². The molecule has 0 fully saturated rings. The van der Waals surface area contributed by atoms with Crippen LogP contribution in [0.5, 0.6) is 0 Å². The molecule has 102 valence electrons. The van der Waals surface area contributed by atoms with Crippen molar-refractivity contribution in [1.82, 2.24) is 9.78 Å². The number of benzene rings is 1. The molecule has 2 aromatic rings. The highest BCUT2D eigenvalue weighted by Gasteiger charge is 2.10. The molecule has 4 nitrogen and oxygen atoms in total. The van der Waals surface area contributed by atoms with E-state index >= 15 is 0 Å². The lowest BCUT2D eigenvalue weighted by atomic mass is 10.2. The summed E-state index contributed by atoms with van der Waals surface area (Å²) in [5, 5.41) is 4.40. The fraction of sp³-hybridized carbons (Fsp3) is 0.400. The maximum atomic E-state index is 5.88. The van der Waals surface area contributed by atoms with Crippen molar-refractivity contribution in [3.05, 3.63) is 41.7 Å². The second kappa shape index (κ2) is 5.78. The molecule has 2 rings (SSSR count). The molecule has 0 aliphatic carbocycles. The molecule has 0 radical (unpaired) electrons. The smallest absolute Gasteiger partial charge is 0.0598 e. The predicted molar refractivity (Wildman–Crippen MR) is 80.1 cm³/mol. The lowest BCUT2D eigenvalue weighted by Crippen LogP contribution is -2.24. The van der Waals surface area contributed by atoms with E-state index in [1.165, 1.54) is 11.4 Å². The molecule has 0 amide bonds. The van der Waals surface area contributed by atoms with Gasteiger partial charge in [-0.3, -0.25) is 4.68 Å². The van der Waals surface area contributed by atoms with Crippen molar-refractivity contribution in [3.63, 3.8) is 0 Å². The van der Waals surface area contributed by atoms with Crippen molar-refractivity contribution in [2.24, 2.45) is 7.05 Å². The van der Waals surface area contributed by atoms with E-state index < -0.39 is 0 Å². The van der Waals surface area contributed by atoms with Gasteiger partial charge in [-0.15, -0.1) is 0 Å². The Balaban J connectivity index is 2.23. The van der Waals surface area contributed by atoms with Crippen LogP contribution in [-0.4, -0.2) is 16.3 Å². The van der Waals surface area contributed by atoms with Gasteiger partial charge in [0.05, 0.1) is 17.9 Å². The molecule has 1 aromatic heterocycles. The van der Waals surface area contributed by atoms with E-state index in [-0.39, 0.29) is 0 Å². The van der Waals surface area contributed by atoms with E-state index in [9.17, 15) is 0 Å². The number of aromatic nitrogens is 2. The Hall–Kier alpha value is -1.97. The Kier molecular flexibility index (Phi) is 4.10. The number of nitrogens with two attached hydrogens (primary N) is 1. The number of hydrogen-bond donors (Lipinski definition) is 1. The van der Waals surface area contributed by atoms with Gasteiger partial charge < -0.3 is 10.6 Å². The average Bonchev–Trinajstić information content (AvgIpc) is 2.67. The molecule has 4 heteroatoms. The van der Waals surface area contributed by atoms with Crippen molar-refractivity contribution in [2.75, 3.05) is 17.2 Å². The fourth-order valence-corrected chi connectivity index (χ4v) is 2.30. The number of hydrogen-bond acceptors (Lipinski definition) is 3. The molecule has 19 heavy (non-hydrogen) atoms. The molecule has 0 bridgehead atoms. The number of nitrogens with zero attached hydrogens (tertiary/aromatic N) is 3. The lowest BCUT2D eigenvalue weighted by Gasteiger charge is -2.24. The normalized spacial score (nSPS) is 10.7. The SMILES string of the molecule is CCCN(Cc1cc(C)nn1C)c1cccc(N)c1. The quantitative estimate of drug-likeness (QED) is 0.839. The van der Waals surface area contributed by atoms with Crippen LogP contribution < -0.4 is 10.6 Å². The third kappa shape index (κ3) is 3.28. The first-order valence-electron chi connectivity index (χ1n) is 6.70. The van der Waals surface area contributed by atoms with E-state index in [0.29, 0.717) is 0 Å². The van der Waals surface area contributed by atoms with E-state index in [1.54, 1.807) is 0 Å². The first kappa shape index (κ1) is 13.5. The minimum absolute atomic E-state index is 0.805. The Morgan fingerprint density at radius 2 is 2.11 bits per heavy atom. The third-order valence-electron chi connectivity index (χ3n) is 3.18. The van der Waals surface area contributed by atoms with Crippen LogP contribution in [-0.2, 0) is 13.6 Å². The van der Waals surface area contributed by atoms with Gasteiger partial charge in [-0.25, -0.2) is 0 Å². The molecule has 1 heterocycles. The maximum Gasteiger partial charge on any atom is 0.0598 e. The van der Waals surface area contributed by atoms with Crippen molar-refractivity contribution in [3.8, 4) is 0 Å². The highest BCUT2D eigenvalue weighted by molar-refractivity contribution is 5.56. The van der Waals surface area contributed by atoms with E-state index in [0.717, 1.165) is 30.9 Å². The lowest BCUT2D eigenvalue weighted by molar-refractivity contribution is 0.670. The predicted octanol–water partition coefficient (Wildman–Crippen LogP) is 2.73. The Morgan fingerprint density at radius 1 is 1.32 bits per heavy atom. The van der Waals surface area contributed by atoms with Gasteiger partial charge in [0.2, 0.25) is 0 Å². The second-order valence-electron chi connectivity index (χ2n) is 4.92. The molecule has 0 aliphatic heterocycles. The van der Waals surface area contributed by atoms with Gasteiger partial charge in [-0.05, 0) is 37.6 Å². The molecular weight excluding hydrogens is 236 g/mol.